The van der Waals surface area contributed by atoms with Gasteiger partial charge in [-0.25, -0.2) is 23.1 Å². The number of aryl methyl sites for hydroxylation is 1. The molecule has 0 unspecified atom stereocenters. The fourth-order valence-corrected chi connectivity index (χ4v) is 5.44. The van der Waals surface area contributed by atoms with Crippen molar-refractivity contribution in [2.24, 2.45) is 7.05 Å². The van der Waals surface area contributed by atoms with Crippen LogP contribution in [0.1, 0.15) is 49.8 Å². The minimum Gasteiger partial charge on any atom is -0.365 e. The Morgan fingerprint density at radius 3 is 2.57 bits per heavy atom. The summed E-state index contributed by atoms with van der Waals surface area (Å²) in [6.07, 6.45) is -1.12. The quantitative estimate of drug-likeness (QED) is 0.554. The molecule has 1 aliphatic rings. The molecule has 11 heteroatoms. The monoisotopic (exact) mass is 505 g/mol. The molecule has 0 spiro atoms. The number of nitrogens with one attached hydrogen (secondary N) is 1. The van der Waals surface area contributed by atoms with Crippen molar-refractivity contribution < 1.29 is 17.4 Å². The summed E-state index contributed by atoms with van der Waals surface area (Å²) in [7, 11) is 0.507. The molecular weight excluding hydrogens is 479 g/mol. The summed E-state index contributed by atoms with van der Waals surface area (Å²) < 4.78 is 53.6. The first-order valence-electron chi connectivity index (χ1n) is 11.2. The van der Waals surface area contributed by atoms with Crippen LogP contribution in [0.2, 0.25) is 0 Å². The van der Waals surface area contributed by atoms with Gasteiger partial charge in [0.2, 0.25) is 0 Å². The number of aromatic nitrogens is 3. The molecular formula is C24H26F3N5O2S. The highest BCUT2D eigenvalue weighted by molar-refractivity contribution is 7.85. The van der Waals surface area contributed by atoms with Gasteiger partial charge in [-0.2, -0.15) is 5.26 Å². The van der Waals surface area contributed by atoms with E-state index in [1.165, 1.54) is 30.1 Å². The second-order valence-electron chi connectivity index (χ2n) is 7.90. The molecule has 1 saturated heterocycles. The molecule has 1 aliphatic heterocycles. The van der Waals surface area contributed by atoms with Crippen LogP contribution in [0.25, 0.3) is 11.0 Å². The summed E-state index contributed by atoms with van der Waals surface area (Å²) in [5.41, 5.74) is -1.54. The number of nitriles is 1. The number of rotatable bonds is 5. The molecule has 3 heterocycles. The van der Waals surface area contributed by atoms with Crippen LogP contribution in [0.15, 0.2) is 35.4 Å². The normalized spacial score (nSPS) is 19.7. The highest BCUT2D eigenvalue weighted by atomic mass is 32.2. The maximum atomic E-state index is 14.4. The number of hydrogen-bond acceptors (Lipinski definition) is 6. The molecule has 1 N–H and O–H groups in total. The van der Waals surface area contributed by atoms with Crippen molar-refractivity contribution in [3.8, 4) is 6.07 Å². The highest BCUT2D eigenvalue weighted by Crippen LogP contribution is 2.35. The Hall–Kier alpha value is -3.26. The molecule has 3 aromatic rings. The third-order valence-corrected chi connectivity index (χ3v) is 7.36. The van der Waals surface area contributed by atoms with E-state index in [2.05, 4.69) is 21.4 Å². The molecule has 1 fully saturated rings. The first kappa shape index (κ1) is 26.3. The van der Waals surface area contributed by atoms with E-state index in [4.69, 9.17) is 0 Å². The third-order valence-electron chi connectivity index (χ3n) is 6.04. The van der Waals surface area contributed by atoms with Gasteiger partial charge in [-0.3, -0.25) is 13.6 Å². The molecule has 4 rings (SSSR count). The number of fused-ring (bicyclic) bond motifs is 1. The van der Waals surface area contributed by atoms with Crippen molar-refractivity contribution in [2.45, 2.75) is 45.1 Å². The van der Waals surface area contributed by atoms with Gasteiger partial charge in [0.05, 0.1) is 22.4 Å². The van der Waals surface area contributed by atoms with Crippen LogP contribution >= 0.6 is 0 Å². The van der Waals surface area contributed by atoms with Crippen molar-refractivity contribution in [1.29, 1.82) is 5.26 Å². The summed E-state index contributed by atoms with van der Waals surface area (Å²) in [5.74, 6) is -0.0771. The number of nitrogens with zero attached hydrogens (tertiary/aromatic N) is 4. The number of hydrogen-bond donors (Lipinski definition) is 1. The van der Waals surface area contributed by atoms with Crippen LogP contribution in [-0.4, -0.2) is 30.2 Å². The molecule has 186 valence electrons. The molecule has 0 saturated carbocycles. The van der Waals surface area contributed by atoms with E-state index in [9.17, 15) is 27.4 Å². The smallest absolute Gasteiger partial charge is 0.266 e. The van der Waals surface area contributed by atoms with Crippen LogP contribution < -0.4 is 10.9 Å². The maximum absolute atomic E-state index is 14.4. The van der Waals surface area contributed by atoms with Gasteiger partial charge in [-0.05, 0) is 18.9 Å². The van der Waals surface area contributed by atoms with Crippen molar-refractivity contribution in [2.75, 3.05) is 16.8 Å². The first-order chi connectivity index (χ1) is 16.8. The predicted molar refractivity (Wildman–Crippen MR) is 129 cm³/mol. The van der Waals surface area contributed by atoms with Gasteiger partial charge in [0.15, 0.2) is 0 Å². The van der Waals surface area contributed by atoms with Crippen LogP contribution in [-0.2, 0) is 29.8 Å². The predicted octanol–water partition coefficient (Wildman–Crippen LogP) is 4.35. The average Bonchev–Trinajstić information content (AvgIpc) is 2.87. The zero-order valence-corrected chi connectivity index (χ0v) is 20.5. The summed E-state index contributed by atoms with van der Waals surface area (Å²) in [4.78, 5) is 21.5. The molecule has 0 amide bonds. The Kier molecular flexibility index (Phi) is 8.27. The number of pyridine rings is 1. The zero-order valence-electron chi connectivity index (χ0n) is 19.6. The number of anilines is 1. The molecule has 1 aromatic carbocycles. The molecule has 2 aromatic heterocycles. The van der Waals surface area contributed by atoms with Crippen molar-refractivity contribution in [3.63, 3.8) is 0 Å². The lowest BCUT2D eigenvalue weighted by Crippen LogP contribution is -2.39. The average molecular weight is 506 g/mol. The van der Waals surface area contributed by atoms with Crippen LogP contribution in [0.5, 0.6) is 0 Å². The van der Waals surface area contributed by atoms with Crippen LogP contribution in [0.4, 0.5) is 19.0 Å². The van der Waals surface area contributed by atoms with Crippen molar-refractivity contribution in [3.05, 3.63) is 63.5 Å². The van der Waals surface area contributed by atoms with Gasteiger partial charge in [0.25, 0.3) is 12.0 Å². The fourth-order valence-electron chi connectivity index (χ4n) is 4.08. The lowest BCUT2D eigenvalue weighted by atomic mass is 9.77. The van der Waals surface area contributed by atoms with Gasteiger partial charge in [0, 0.05) is 47.0 Å². The molecule has 35 heavy (non-hydrogen) atoms. The van der Waals surface area contributed by atoms with Gasteiger partial charge in [0.1, 0.15) is 23.6 Å². The lowest BCUT2D eigenvalue weighted by Gasteiger charge is -2.30. The van der Waals surface area contributed by atoms with E-state index in [1.54, 1.807) is 6.07 Å². The largest absolute Gasteiger partial charge is 0.365 e. The van der Waals surface area contributed by atoms with E-state index in [0.717, 1.165) is 6.07 Å². The molecule has 0 atom stereocenters. The molecule has 0 aliphatic carbocycles. The number of alkyl halides is 2. The van der Waals surface area contributed by atoms with E-state index in [0.29, 0.717) is 35.4 Å². The fraction of sp³-hybridized carbons (Fsp3) is 0.417. The summed E-state index contributed by atoms with van der Waals surface area (Å²) in [6, 6.07) is 7.60. The van der Waals surface area contributed by atoms with E-state index in [1.807, 2.05) is 13.8 Å². The Bertz CT molecular complexity index is 1340. The molecule has 0 radical (unpaired) electrons. The summed E-state index contributed by atoms with van der Waals surface area (Å²) in [5, 5.41) is 13.3. The summed E-state index contributed by atoms with van der Waals surface area (Å²) >= 11 is 0. The summed E-state index contributed by atoms with van der Waals surface area (Å²) in [6.45, 7) is 3.87. The van der Waals surface area contributed by atoms with Gasteiger partial charge < -0.3 is 5.32 Å². The van der Waals surface area contributed by atoms with Crippen LogP contribution in [0, 0.1) is 17.1 Å². The first-order valence-corrected chi connectivity index (χ1v) is 12.7. The van der Waals surface area contributed by atoms with Gasteiger partial charge in [-0.1, -0.05) is 32.0 Å². The second-order valence-corrected chi connectivity index (χ2v) is 9.59. The Morgan fingerprint density at radius 2 is 1.94 bits per heavy atom. The highest BCUT2D eigenvalue weighted by Gasteiger charge is 2.39. The van der Waals surface area contributed by atoms with E-state index < -0.39 is 34.0 Å². The molecule has 7 nitrogen and oxygen atoms in total. The molecule has 0 bridgehead atoms. The Morgan fingerprint density at radius 1 is 1.26 bits per heavy atom. The van der Waals surface area contributed by atoms with Gasteiger partial charge in [-0.15, -0.1) is 0 Å². The maximum Gasteiger partial charge on any atom is 0.266 e. The van der Waals surface area contributed by atoms with Crippen molar-refractivity contribution in [1.82, 2.24) is 14.5 Å². The minimum atomic E-state index is -2.94. The van der Waals surface area contributed by atoms with Crippen LogP contribution in [0.3, 0.4) is 0 Å². The third kappa shape index (κ3) is 5.07. The lowest BCUT2D eigenvalue weighted by molar-refractivity contribution is 0.146. The SMILES string of the molecule is CC.Cn1c(=O)c(C2(C#N)CCS(=O)CC2)cc2c(NCc3cccc(C(F)F)c3F)ncnc21. The van der Waals surface area contributed by atoms with Gasteiger partial charge >= 0.3 is 0 Å². The zero-order chi connectivity index (χ0) is 25.8. The Balaban J connectivity index is 0.00000167. The van der Waals surface area contributed by atoms with E-state index >= 15 is 0 Å². The standard InChI is InChI=1S/C22H20F3N5O2S.C2H6/c1-30-20-15(9-16(21(30)31)22(11-26)5-7-33(32)8-6-22)19(28-12-29-20)27-10-13-3-2-4-14(17(13)23)18(24)25;1-2/h2-4,9,12,18H,5-8,10H2,1H3,(H,27,28,29);1-2H3. The number of benzene rings is 1. The second kappa shape index (κ2) is 11.0. The number of halogens is 3. The minimum absolute atomic E-state index is 0.0351. The van der Waals surface area contributed by atoms with Crippen molar-refractivity contribution >= 4 is 27.7 Å². The Labute approximate surface area is 203 Å². The van der Waals surface area contributed by atoms with E-state index in [-0.39, 0.29) is 29.0 Å². The topological polar surface area (TPSA) is 101 Å².